The van der Waals surface area contributed by atoms with Gasteiger partial charge in [-0.2, -0.15) is 0 Å². The summed E-state index contributed by atoms with van der Waals surface area (Å²) in [5.74, 6) is 0.289. The number of nitrogens with zero attached hydrogens (tertiary/aromatic N) is 1. The molecule has 0 radical (unpaired) electrons. The molecule has 4 aromatic rings. The van der Waals surface area contributed by atoms with Gasteiger partial charge in [0.15, 0.2) is 0 Å². The van der Waals surface area contributed by atoms with Crippen molar-refractivity contribution in [2.45, 2.75) is 18.8 Å². The smallest absolute Gasteiger partial charge is 0.0413 e. The molecule has 1 aliphatic carbocycles. The van der Waals surface area contributed by atoms with Crippen LogP contribution >= 0.6 is 7.92 Å². The minimum Gasteiger partial charge on any atom is -0.261 e. The van der Waals surface area contributed by atoms with E-state index in [1.54, 1.807) is 5.31 Å². The first-order valence-electron chi connectivity index (χ1n) is 11.1. The topological polar surface area (TPSA) is 12.9 Å². The normalized spacial score (nSPS) is 14.2. The lowest BCUT2D eigenvalue weighted by atomic mass is 9.87. The molecule has 0 aliphatic heterocycles. The molecule has 0 saturated carbocycles. The maximum atomic E-state index is 4.66. The van der Waals surface area contributed by atoms with Crippen LogP contribution in [-0.4, -0.2) is 4.98 Å². The van der Waals surface area contributed by atoms with Crippen LogP contribution in [0.2, 0.25) is 0 Å². The Balaban J connectivity index is 1.65. The van der Waals surface area contributed by atoms with Crippen LogP contribution < -0.4 is 10.6 Å². The maximum absolute atomic E-state index is 4.66. The van der Waals surface area contributed by atoms with Gasteiger partial charge in [-0.25, -0.2) is 0 Å². The first-order valence-corrected chi connectivity index (χ1v) is 12.5. The molecule has 1 heterocycles. The van der Waals surface area contributed by atoms with Crippen molar-refractivity contribution in [1.29, 1.82) is 0 Å². The Morgan fingerprint density at radius 3 is 1.88 bits per heavy atom. The number of hydrogen-bond donors (Lipinski definition) is 0. The van der Waals surface area contributed by atoms with Gasteiger partial charge in [0.25, 0.3) is 0 Å². The van der Waals surface area contributed by atoms with Crippen molar-refractivity contribution >= 4 is 18.5 Å². The summed E-state index contributed by atoms with van der Waals surface area (Å²) in [6.07, 6.45) is 8.53. The predicted octanol–water partition coefficient (Wildman–Crippen LogP) is 6.75. The molecule has 156 valence electrons. The molecule has 2 heteroatoms. The van der Waals surface area contributed by atoms with E-state index in [0.717, 1.165) is 18.5 Å². The van der Waals surface area contributed by atoms with E-state index in [1.807, 2.05) is 12.3 Å². The molecule has 32 heavy (non-hydrogen) atoms. The van der Waals surface area contributed by atoms with Gasteiger partial charge in [0.1, 0.15) is 0 Å². The van der Waals surface area contributed by atoms with E-state index in [0.29, 0.717) is 0 Å². The molecule has 0 unspecified atom stereocenters. The zero-order valence-corrected chi connectivity index (χ0v) is 18.9. The van der Waals surface area contributed by atoms with Gasteiger partial charge in [-0.05, 0) is 53.5 Å². The third-order valence-corrected chi connectivity index (χ3v) is 8.57. The molecule has 1 atom stereocenters. The summed E-state index contributed by atoms with van der Waals surface area (Å²) in [5, 5.41) is 4.38. The third-order valence-electron chi connectivity index (χ3n) is 5.96. The van der Waals surface area contributed by atoms with Crippen LogP contribution in [0.4, 0.5) is 0 Å². The average Bonchev–Trinajstić information content (AvgIpc) is 3.34. The lowest BCUT2D eigenvalue weighted by Crippen LogP contribution is -2.15. The Morgan fingerprint density at radius 2 is 1.28 bits per heavy atom. The van der Waals surface area contributed by atoms with Crippen molar-refractivity contribution in [3.05, 3.63) is 150 Å². The van der Waals surface area contributed by atoms with E-state index in [4.69, 9.17) is 0 Å². The molecule has 1 aromatic heterocycles. The minimum atomic E-state index is -0.592. The van der Waals surface area contributed by atoms with Crippen LogP contribution in [0.1, 0.15) is 23.6 Å². The van der Waals surface area contributed by atoms with Gasteiger partial charge in [0.2, 0.25) is 0 Å². The lowest BCUT2D eigenvalue weighted by molar-refractivity contribution is 0.781. The quantitative estimate of drug-likeness (QED) is 0.295. The highest BCUT2D eigenvalue weighted by molar-refractivity contribution is 7.76. The molecule has 0 spiro atoms. The van der Waals surface area contributed by atoms with E-state index in [9.17, 15) is 0 Å². The second-order valence-electron chi connectivity index (χ2n) is 8.00. The standard InChI is InChI=1S/C30H26NP/c1-4-13-24(14-5-1)29(23-25-15-10-11-22-31-25)28-20-12-21-30(28)32(26-16-6-2-7-17-26)27-18-8-3-9-19-27/h1-20,22,29H,21,23H2/t29-/m1/s1. The summed E-state index contributed by atoms with van der Waals surface area (Å²) in [5.41, 5.74) is 3.95. The van der Waals surface area contributed by atoms with Gasteiger partial charge < -0.3 is 0 Å². The molecule has 1 aliphatic rings. The molecule has 0 bridgehead atoms. The van der Waals surface area contributed by atoms with E-state index in [1.165, 1.54) is 21.7 Å². The fourth-order valence-corrected chi connectivity index (χ4v) is 7.12. The van der Waals surface area contributed by atoms with Crippen LogP contribution in [0.25, 0.3) is 0 Å². The molecule has 0 saturated heterocycles. The Morgan fingerprint density at radius 1 is 0.688 bits per heavy atom. The summed E-state index contributed by atoms with van der Waals surface area (Å²) < 4.78 is 0. The van der Waals surface area contributed by atoms with E-state index < -0.39 is 7.92 Å². The van der Waals surface area contributed by atoms with Crippen LogP contribution in [-0.2, 0) is 6.42 Å². The Kier molecular flexibility index (Phi) is 6.37. The van der Waals surface area contributed by atoms with Gasteiger partial charge >= 0.3 is 0 Å². The maximum Gasteiger partial charge on any atom is 0.0413 e. The number of rotatable bonds is 7. The first kappa shape index (κ1) is 20.6. The molecule has 1 nitrogen and oxygen atoms in total. The molecule has 0 fully saturated rings. The summed E-state index contributed by atoms with van der Waals surface area (Å²) in [6.45, 7) is 0. The fraction of sp³-hybridized carbons (Fsp3) is 0.100. The summed E-state index contributed by atoms with van der Waals surface area (Å²) in [7, 11) is -0.592. The molecule has 0 N–H and O–H groups in total. The van der Waals surface area contributed by atoms with Gasteiger partial charge in [0.05, 0.1) is 0 Å². The van der Waals surface area contributed by atoms with Gasteiger partial charge in [-0.1, -0.05) is 109 Å². The van der Waals surface area contributed by atoms with Crippen LogP contribution in [0.15, 0.2) is 138 Å². The Hall–Kier alpha value is -3.28. The van der Waals surface area contributed by atoms with Crippen molar-refractivity contribution in [1.82, 2.24) is 4.98 Å². The summed E-state index contributed by atoms with van der Waals surface area (Å²) >= 11 is 0. The fourth-order valence-electron chi connectivity index (χ4n) is 4.48. The average molecular weight is 432 g/mol. The van der Waals surface area contributed by atoms with Crippen molar-refractivity contribution in [2.75, 3.05) is 0 Å². The largest absolute Gasteiger partial charge is 0.261 e. The SMILES string of the molecule is C1=CC([C@H](Cc2ccccn2)c2ccccc2)=C(P(c2ccccc2)c2ccccc2)C1. The summed E-state index contributed by atoms with van der Waals surface area (Å²) in [4.78, 5) is 4.66. The van der Waals surface area contributed by atoms with Crippen molar-refractivity contribution < 1.29 is 0 Å². The second-order valence-corrected chi connectivity index (χ2v) is 10.2. The molecule has 3 aromatic carbocycles. The minimum absolute atomic E-state index is 0.289. The van der Waals surface area contributed by atoms with Crippen LogP contribution in [0.3, 0.4) is 0 Å². The monoisotopic (exact) mass is 431 g/mol. The predicted molar refractivity (Wildman–Crippen MR) is 137 cm³/mol. The van der Waals surface area contributed by atoms with E-state index in [2.05, 4.69) is 120 Å². The number of pyridine rings is 1. The van der Waals surface area contributed by atoms with Gasteiger partial charge in [0, 0.05) is 24.2 Å². The van der Waals surface area contributed by atoms with E-state index >= 15 is 0 Å². The Bertz CT molecular complexity index is 1160. The molecular formula is C30H26NP. The number of benzene rings is 3. The molecule has 0 amide bonds. The van der Waals surface area contributed by atoms with Crippen LogP contribution in [0, 0.1) is 0 Å². The lowest BCUT2D eigenvalue weighted by Gasteiger charge is -2.26. The van der Waals surface area contributed by atoms with E-state index in [-0.39, 0.29) is 5.92 Å². The highest BCUT2D eigenvalue weighted by Gasteiger charge is 2.28. The zero-order chi connectivity index (χ0) is 21.6. The number of hydrogen-bond acceptors (Lipinski definition) is 1. The second kappa shape index (κ2) is 9.90. The highest BCUT2D eigenvalue weighted by Crippen LogP contribution is 2.51. The first-order chi connectivity index (χ1) is 15.9. The van der Waals surface area contributed by atoms with Crippen molar-refractivity contribution in [3.63, 3.8) is 0 Å². The van der Waals surface area contributed by atoms with Gasteiger partial charge in [-0.15, -0.1) is 0 Å². The number of allylic oxidation sites excluding steroid dienone is 4. The van der Waals surface area contributed by atoms with Crippen molar-refractivity contribution in [3.8, 4) is 0 Å². The molecule has 5 rings (SSSR count). The Labute approximate surface area is 191 Å². The number of aromatic nitrogens is 1. The van der Waals surface area contributed by atoms with Crippen molar-refractivity contribution in [2.24, 2.45) is 0 Å². The van der Waals surface area contributed by atoms with Gasteiger partial charge in [-0.3, -0.25) is 4.98 Å². The highest BCUT2D eigenvalue weighted by atomic mass is 31.1. The summed E-state index contributed by atoms with van der Waals surface area (Å²) in [6, 6.07) is 39.2. The van der Waals surface area contributed by atoms with Crippen LogP contribution in [0.5, 0.6) is 0 Å². The molecular weight excluding hydrogens is 405 g/mol. The third kappa shape index (κ3) is 4.49. The zero-order valence-electron chi connectivity index (χ0n) is 18.0.